The van der Waals surface area contributed by atoms with Crippen molar-refractivity contribution in [2.75, 3.05) is 6.54 Å². The molecule has 0 amide bonds. The molecule has 3 aromatic rings. The molecular formula is C25H21NO5S. The molecule has 1 fully saturated rings. The molecule has 1 saturated heterocycles. The zero-order valence-electron chi connectivity index (χ0n) is 17.4. The van der Waals surface area contributed by atoms with Crippen molar-refractivity contribution in [3.05, 3.63) is 102 Å². The van der Waals surface area contributed by atoms with Crippen molar-refractivity contribution in [3.8, 4) is 0 Å². The molecule has 0 saturated carbocycles. The Morgan fingerprint density at radius 1 is 1.00 bits per heavy atom. The fourth-order valence-corrected chi connectivity index (χ4v) is 6.70. The zero-order chi connectivity index (χ0) is 22.7. The van der Waals surface area contributed by atoms with Crippen LogP contribution in [0.5, 0.6) is 0 Å². The first-order chi connectivity index (χ1) is 15.3. The van der Waals surface area contributed by atoms with Gasteiger partial charge in [0.25, 0.3) is 0 Å². The molecule has 2 aliphatic rings. The molecule has 0 N–H and O–H groups in total. The summed E-state index contributed by atoms with van der Waals surface area (Å²) in [5, 5.41) is 0. The molecule has 2 aromatic carbocycles. The van der Waals surface area contributed by atoms with E-state index in [0.29, 0.717) is 11.1 Å². The third-order valence-electron chi connectivity index (χ3n) is 6.57. The first kappa shape index (κ1) is 20.6. The molecule has 32 heavy (non-hydrogen) atoms. The highest BCUT2D eigenvalue weighted by atomic mass is 32.2. The Morgan fingerprint density at radius 3 is 2.16 bits per heavy atom. The van der Waals surface area contributed by atoms with Gasteiger partial charge in [0.1, 0.15) is 17.2 Å². The number of nitrogens with zero attached hydrogens (tertiary/aromatic N) is 1. The van der Waals surface area contributed by atoms with Gasteiger partial charge in [-0.05, 0) is 31.2 Å². The summed E-state index contributed by atoms with van der Waals surface area (Å²) in [4.78, 5) is 27.7. The van der Waals surface area contributed by atoms with Gasteiger partial charge in [0.2, 0.25) is 10.0 Å². The Bertz CT molecular complexity index is 1300. The number of carbonyl (C=O) groups is 2. The lowest BCUT2D eigenvalue weighted by molar-refractivity contribution is 0.0592. The van der Waals surface area contributed by atoms with Crippen LogP contribution in [0.1, 0.15) is 38.1 Å². The van der Waals surface area contributed by atoms with Crippen molar-refractivity contribution >= 4 is 21.6 Å². The number of fused-ring (bicyclic) bond motifs is 1. The van der Waals surface area contributed by atoms with Crippen LogP contribution in [0.2, 0.25) is 0 Å². The summed E-state index contributed by atoms with van der Waals surface area (Å²) in [6, 6.07) is 15.2. The number of sulfonamides is 1. The van der Waals surface area contributed by atoms with E-state index in [1.54, 1.807) is 48.5 Å². The van der Waals surface area contributed by atoms with Crippen LogP contribution in [0, 0.1) is 18.3 Å². The van der Waals surface area contributed by atoms with Crippen molar-refractivity contribution < 1.29 is 22.4 Å². The molecule has 1 aromatic heterocycles. The van der Waals surface area contributed by atoms with E-state index in [0.717, 1.165) is 5.56 Å². The van der Waals surface area contributed by atoms with Gasteiger partial charge in [-0.1, -0.05) is 48.0 Å². The Labute approximate surface area is 186 Å². The van der Waals surface area contributed by atoms with Crippen molar-refractivity contribution in [1.29, 1.82) is 0 Å². The molecule has 0 unspecified atom stereocenters. The lowest BCUT2D eigenvalue weighted by atomic mass is 9.68. The second kappa shape index (κ2) is 7.12. The molecule has 5 rings (SSSR count). The van der Waals surface area contributed by atoms with E-state index in [-0.39, 0.29) is 17.2 Å². The molecule has 2 atom stereocenters. The van der Waals surface area contributed by atoms with Crippen molar-refractivity contribution in [2.24, 2.45) is 11.3 Å². The van der Waals surface area contributed by atoms with Gasteiger partial charge >= 0.3 is 0 Å². The minimum absolute atomic E-state index is 0.0590. The van der Waals surface area contributed by atoms with Gasteiger partial charge in [-0.15, -0.1) is 6.58 Å². The second-order valence-electron chi connectivity index (χ2n) is 8.22. The summed E-state index contributed by atoms with van der Waals surface area (Å²) < 4.78 is 34.4. The maximum Gasteiger partial charge on any atom is 0.243 e. The molecule has 0 radical (unpaired) electrons. The first-order valence-electron chi connectivity index (χ1n) is 10.3. The monoisotopic (exact) mass is 447 g/mol. The highest BCUT2D eigenvalue weighted by Gasteiger charge is 2.69. The zero-order valence-corrected chi connectivity index (χ0v) is 18.2. The van der Waals surface area contributed by atoms with Gasteiger partial charge in [0.05, 0.1) is 11.2 Å². The normalized spacial score (nSPS) is 22.4. The Morgan fingerprint density at radius 2 is 1.62 bits per heavy atom. The molecule has 1 aliphatic heterocycles. The number of Topliss-reactive ketones (excluding diaryl/α,β-unsaturated/α-hetero) is 2. The fourth-order valence-electron chi connectivity index (χ4n) is 5.04. The number of rotatable bonds is 4. The van der Waals surface area contributed by atoms with Crippen LogP contribution in [0.25, 0.3) is 0 Å². The van der Waals surface area contributed by atoms with Crippen LogP contribution in [0.4, 0.5) is 0 Å². The summed E-state index contributed by atoms with van der Waals surface area (Å²) >= 11 is 0. The Hall–Kier alpha value is -3.29. The van der Waals surface area contributed by atoms with Crippen molar-refractivity contribution in [2.45, 2.75) is 17.9 Å². The maximum absolute atomic E-state index is 13.8. The Balaban J connectivity index is 1.75. The number of carbonyl (C=O) groups excluding carboxylic acids is 2. The largest absolute Gasteiger partial charge is 0.468 e. The standard InChI is InChI=1S/C25H21NO5S/c1-3-17-15-26(32(29,30)18-12-10-16(2)11-13-18)22(21-9-6-14-31-21)25(17)23(27)19-7-4-5-8-20(19)24(25)28/h3-14,17,22H,1,15H2,2H3/t17-,22+/m1/s1. The summed E-state index contributed by atoms with van der Waals surface area (Å²) in [5.41, 5.74) is -0.142. The smallest absolute Gasteiger partial charge is 0.243 e. The number of benzene rings is 2. The van der Waals surface area contributed by atoms with Crippen LogP contribution in [0.15, 0.2) is 88.9 Å². The lowest BCUT2D eigenvalue weighted by Gasteiger charge is -2.32. The van der Waals surface area contributed by atoms with Gasteiger partial charge in [-0.2, -0.15) is 4.31 Å². The van der Waals surface area contributed by atoms with E-state index in [4.69, 9.17) is 4.42 Å². The fraction of sp³-hybridized carbons (Fsp3) is 0.200. The third-order valence-corrected chi connectivity index (χ3v) is 8.42. The molecule has 162 valence electrons. The van der Waals surface area contributed by atoms with E-state index < -0.39 is 39.0 Å². The van der Waals surface area contributed by atoms with E-state index >= 15 is 0 Å². The molecular weight excluding hydrogens is 426 g/mol. The van der Waals surface area contributed by atoms with E-state index in [9.17, 15) is 18.0 Å². The minimum Gasteiger partial charge on any atom is -0.468 e. The van der Waals surface area contributed by atoms with Gasteiger partial charge in [0, 0.05) is 23.6 Å². The van der Waals surface area contributed by atoms with Gasteiger partial charge < -0.3 is 4.42 Å². The quantitative estimate of drug-likeness (QED) is 0.442. The topological polar surface area (TPSA) is 84.7 Å². The number of hydrogen-bond acceptors (Lipinski definition) is 5. The SMILES string of the molecule is C=C[C@@H]1CN(S(=O)(=O)c2ccc(C)cc2)[C@@H](c2ccco2)C12C(=O)c1ccccc1C2=O. The molecule has 7 heteroatoms. The van der Waals surface area contributed by atoms with Gasteiger partial charge in [-0.3, -0.25) is 9.59 Å². The number of ketones is 2. The summed E-state index contributed by atoms with van der Waals surface area (Å²) in [5.74, 6) is -1.26. The Kier molecular flexibility index (Phi) is 4.58. The number of aryl methyl sites for hydroxylation is 1. The highest BCUT2D eigenvalue weighted by molar-refractivity contribution is 7.89. The van der Waals surface area contributed by atoms with E-state index in [1.165, 1.54) is 28.8 Å². The van der Waals surface area contributed by atoms with Crippen LogP contribution < -0.4 is 0 Å². The average molecular weight is 448 g/mol. The molecule has 1 spiro atoms. The predicted molar refractivity (Wildman–Crippen MR) is 118 cm³/mol. The second-order valence-corrected chi connectivity index (χ2v) is 10.1. The molecule has 2 heterocycles. The number of hydrogen-bond donors (Lipinski definition) is 0. The van der Waals surface area contributed by atoms with Crippen molar-refractivity contribution in [3.63, 3.8) is 0 Å². The highest BCUT2D eigenvalue weighted by Crippen LogP contribution is 2.59. The summed E-state index contributed by atoms with van der Waals surface area (Å²) in [7, 11) is -4.05. The van der Waals surface area contributed by atoms with Gasteiger partial charge in [0.15, 0.2) is 11.6 Å². The summed E-state index contributed by atoms with van der Waals surface area (Å²) in [6.07, 6.45) is 2.93. The van der Waals surface area contributed by atoms with Crippen LogP contribution in [-0.2, 0) is 10.0 Å². The van der Waals surface area contributed by atoms with Crippen LogP contribution in [0.3, 0.4) is 0 Å². The summed E-state index contributed by atoms with van der Waals surface area (Å²) in [6.45, 7) is 5.66. The van der Waals surface area contributed by atoms with E-state index in [2.05, 4.69) is 6.58 Å². The average Bonchev–Trinajstić information content (AvgIpc) is 3.49. The van der Waals surface area contributed by atoms with Crippen LogP contribution in [-0.4, -0.2) is 30.8 Å². The predicted octanol–water partition coefficient (Wildman–Crippen LogP) is 4.20. The van der Waals surface area contributed by atoms with Crippen LogP contribution >= 0.6 is 0 Å². The van der Waals surface area contributed by atoms with Gasteiger partial charge in [-0.25, -0.2) is 8.42 Å². The molecule has 1 aliphatic carbocycles. The van der Waals surface area contributed by atoms with Crippen molar-refractivity contribution in [1.82, 2.24) is 4.31 Å². The molecule has 0 bridgehead atoms. The lowest BCUT2D eigenvalue weighted by Crippen LogP contribution is -2.44. The van der Waals surface area contributed by atoms with E-state index in [1.807, 2.05) is 6.92 Å². The number of furan rings is 1. The maximum atomic E-state index is 13.8. The first-order valence-corrected chi connectivity index (χ1v) is 11.7. The third kappa shape index (κ3) is 2.58. The molecule has 6 nitrogen and oxygen atoms in total. The minimum atomic E-state index is -4.05.